The van der Waals surface area contributed by atoms with Crippen molar-refractivity contribution in [1.29, 1.82) is 0 Å². The minimum absolute atomic E-state index is 0.0661. The van der Waals surface area contributed by atoms with Gasteiger partial charge in [-0.15, -0.1) is 0 Å². The summed E-state index contributed by atoms with van der Waals surface area (Å²) in [4.78, 5) is 30.9. The lowest BCUT2D eigenvalue weighted by Crippen LogP contribution is -3.15. The number of hydrogen-bond donors (Lipinski definition) is 1. The Morgan fingerprint density at radius 1 is 0.816 bits per heavy atom. The summed E-state index contributed by atoms with van der Waals surface area (Å²) in [5.41, 5.74) is 3.00. The van der Waals surface area contributed by atoms with E-state index in [1.165, 1.54) is 21.9 Å². The van der Waals surface area contributed by atoms with Crippen molar-refractivity contribution in [2.75, 3.05) is 44.2 Å². The van der Waals surface area contributed by atoms with Crippen molar-refractivity contribution in [2.45, 2.75) is 12.6 Å². The molecule has 5 nitrogen and oxygen atoms in total. The highest BCUT2D eigenvalue weighted by atomic mass is 19.4. The van der Waals surface area contributed by atoms with Gasteiger partial charge in [0.2, 0.25) is 5.91 Å². The zero-order valence-corrected chi connectivity index (χ0v) is 20.9. The van der Waals surface area contributed by atoms with Crippen LogP contribution in [0.5, 0.6) is 0 Å². The fourth-order valence-electron chi connectivity index (χ4n) is 5.22. The minimum atomic E-state index is -4.37. The number of amides is 2. The standard InChI is InChI=1S/C30H28F3N3O2/c31-30(32,33)24-12-7-13-25(20-24)35-17-14-34(15-18-35)16-19-36-27(37)21-26(29(36)38)28(22-8-3-1-4-9-22)23-10-5-2-6-11-23/h1-13,20H,14-19,21H2/p+1. The molecule has 0 bridgehead atoms. The Balaban J connectivity index is 1.25. The van der Waals surface area contributed by atoms with Crippen molar-refractivity contribution in [3.05, 3.63) is 107 Å². The molecule has 0 saturated carbocycles. The van der Waals surface area contributed by atoms with Crippen molar-refractivity contribution in [3.8, 4) is 0 Å². The normalized spacial score (nSPS) is 16.9. The monoisotopic (exact) mass is 520 g/mol. The largest absolute Gasteiger partial charge is 0.416 e. The summed E-state index contributed by atoms with van der Waals surface area (Å²) in [6.07, 6.45) is -4.30. The highest BCUT2D eigenvalue weighted by molar-refractivity contribution is 6.18. The number of halogens is 3. The number of nitrogens with zero attached hydrogens (tertiary/aromatic N) is 2. The van der Waals surface area contributed by atoms with Gasteiger partial charge in [0.1, 0.15) is 0 Å². The van der Waals surface area contributed by atoms with Crippen LogP contribution in [0.3, 0.4) is 0 Å². The van der Waals surface area contributed by atoms with Gasteiger partial charge in [0.25, 0.3) is 5.91 Å². The van der Waals surface area contributed by atoms with Crippen LogP contribution in [0.15, 0.2) is 90.5 Å². The molecule has 3 aromatic rings. The van der Waals surface area contributed by atoms with Gasteiger partial charge in [-0.05, 0) is 34.9 Å². The highest BCUT2D eigenvalue weighted by Crippen LogP contribution is 2.33. The van der Waals surface area contributed by atoms with Crippen molar-refractivity contribution >= 4 is 23.1 Å². The van der Waals surface area contributed by atoms with Crippen LogP contribution in [0, 0.1) is 0 Å². The molecule has 196 valence electrons. The van der Waals surface area contributed by atoms with Crippen molar-refractivity contribution in [1.82, 2.24) is 4.90 Å². The summed E-state index contributed by atoms with van der Waals surface area (Å²) in [5, 5.41) is 0. The van der Waals surface area contributed by atoms with Gasteiger partial charge in [-0.3, -0.25) is 14.5 Å². The Labute approximate surface area is 219 Å². The topological polar surface area (TPSA) is 45.1 Å². The molecule has 0 atom stereocenters. The molecule has 0 unspecified atom stereocenters. The van der Waals surface area contributed by atoms with Crippen molar-refractivity contribution in [2.24, 2.45) is 0 Å². The molecule has 1 N–H and O–H groups in total. The Morgan fingerprint density at radius 2 is 1.42 bits per heavy atom. The third kappa shape index (κ3) is 5.50. The van der Waals surface area contributed by atoms with Gasteiger partial charge in [0.15, 0.2) is 0 Å². The molecule has 2 saturated heterocycles. The van der Waals surface area contributed by atoms with Gasteiger partial charge >= 0.3 is 6.18 Å². The van der Waals surface area contributed by atoms with E-state index in [2.05, 4.69) is 0 Å². The number of quaternary nitrogens is 1. The lowest BCUT2D eigenvalue weighted by Gasteiger charge is -2.34. The molecular weight excluding hydrogens is 491 g/mol. The van der Waals surface area contributed by atoms with Crippen LogP contribution in [0.25, 0.3) is 5.57 Å². The molecule has 2 aliphatic heterocycles. The number of carbonyl (C=O) groups excluding carboxylic acids is 2. The lowest BCUT2D eigenvalue weighted by atomic mass is 9.92. The minimum Gasteiger partial charge on any atom is -0.360 e. The number of anilines is 1. The second-order valence-electron chi connectivity index (χ2n) is 9.65. The second kappa shape index (κ2) is 10.8. The second-order valence-corrected chi connectivity index (χ2v) is 9.65. The van der Waals surface area contributed by atoms with Crippen molar-refractivity contribution in [3.63, 3.8) is 0 Å². The van der Waals surface area contributed by atoms with E-state index in [0.29, 0.717) is 50.5 Å². The molecule has 2 amide bonds. The smallest absolute Gasteiger partial charge is 0.360 e. The quantitative estimate of drug-likeness (QED) is 0.399. The Hall–Kier alpha value is -3.91. The van der Waals surface area contributed by atoms with E-state index < -0.39 is 11.7 Å². The number of rotatable bonds is 6. The van der Waals surface area contributed by atoms with Crippen LogP contribution in [0.1, 0.15) is 23.1 Å². The van der Waals surface area contributed by atoms with E-state index in [-0.39, 0.29) is 18.2 Å². The summed E-state index contributed by atoms with van der Waals surface area (Å²) in [6, 6.07) is 24.7. The number of carbonyl (C=O) groups is 2. The first kappa shape index (κ1) is 25.7. The third-order valence-electron chi connectivity index (χ3n) is 7.26. The Morgan fingerprint density at radius 3 is 2.00 bits per heavy atom. The first-order valence-corrected chi connectivity index (χ1v) is 12.8. The molecule has 0 aromatic heterocycles. The van der Waals surface area contributed by atoms with E-state index in [0.717, 1.165) is 22.8 Å². The molecule has 38 heavy (non-hydrogen) atoms. The molecule has 2 aliphatic rings. The zero-order valence-electron chi connectivity index (χ0n) is 20.9. The van der Waals surface area contributed by atoms with Gasteiger partial charge in [-0.1, -0.05) is 66.7 Å². The molecule has 3 aromatic carbocycles. The Bertz CT molecular complexity index is 1290. The number of alkyl halides is 3. The lowest BCUT2D eigenvalue weighted by molar-refractivity contribution is -0.899. The summed E-state index contributed by atoms with van der Waals surface area (Å²) < 4.78 is 39.3. The Kier molecular flexibility index (Phi) is 7.33. The van der Waals surface area contributed by atoms with Crippen molar-refractivity contribution < 1.29 is 27.7 Å². The van der Waals surface area contributed by atoms with Gasteiger partial charge in [0.05, 0.1) is 51.3 Å². The zero-order chi connectivity index (χ0) is 26.7. The molecule has 0 radical (unpaired) electrons. The number of hydrogen-bond acceptors (Lipinski definition) is 3. The van der Waals surface area contributed by atoms with Crippen LogP contribution in [0.2, 0.25) is 0 Å². The number of nitrogens with one attached hydrogen (secondary N) is 1. The molecule has 0 spiro atoms. The van der Waals surface area contributed by atoms with Gasteiger partial charge in [0, 0.05) is 11.3 Å². The molecule has 2 heterocycles. The first-order chi connectivity index (χ1) is 18.3. The number of imide groups is 1. The van der Waals surface area contributed by atoms with Crippen LogP contribution >= 0.6 is 0 Å². The predicted molar refractivity (Wildman–Crippen MR) is 139 cm³/mol. The number of piperazine rings is 1. The number of benzene rings is 3. The van der Waals surface area contributed by atoms with Crippen LogP contribution in [-0.4, -0.2) is 56.0 Å². The SMILES string of the molecule is O=C1CC(=C(c2ccccc2)c2ccccc2)C(=O)N1CC[NH+]1CCN(c2cccc(C(F)(F)F)c2)CC1. The van der Waals surface area contributed by atoms with E-state index in [9.17, 15) is 22.8 Å². The van der Waals surface area contributed by atoms with Crippen LogP contribution in [0.4, 0.5) is 18.9 Å². The average Bonchev–Trinajstić information content (AvgIpc) is 3.21. The first-order valence-electron chi connectivity index (χ1n) is 12.8. The van der Waals surface area contributed by atoms with Gasteiger partial charge < -0.3 is 9.80 Å². The molecule has 8 heteroatoms. The van der Waals surface area contributed by atoms with Crippen LogP contribution < -0.4 is 9.80 Å². The van der Waals surface area contributed by atoms with E-state index in [1.807, 2.05) is 65.6 Å². The maximum Gasteiger partial charge on any atom is 0.416 e. The van der Waals surface area contributed by atoms with Gasteiger partial charge in [-0.25, -0.2) is 0 Å². The summed E-state index contributed by atoms with van der Waals surface area (Å²) >= 11 is 0. The maximum absolute atomic E-state index is 13.5. The fourth-order valence-corrected chi connectivity index (χ4v) is 5.22. The highest BCUT2D eigenvalue weighted by Gasteiger charge is 2.37. The van der Waals surface area contributed by atoms with E-state index >= 15 is 0 Å². The van der Waals surface area contributed by atoms with E-state index in [1.54, 1.807) is 6.07 Å². The fraction of sp³-hybridized carbons (Fsp3) is 0.267. The third-order valence-corrected chi connectivity index (χ3v) is 7.26. The predicted octanol–water partition coefficient (Wildman–Crippen LogP) is 3.67. The van der Waals surface area contributed by atoms with Gasteiger partial charge in [-0.2, -0.15) is 13.2 Å². The average molecular weight is 521 g/mol. The summed E-state index contributed by atoms with van der Waals surface area (Å²) in [7, 11) is 0. The molecular formula is C30H29F3N3O2+. The van der Waals surface area contributed by atoms with Crippen LogP contribution in [-0.2, 0) is 15.8 Å². The summed E-state index contributed by atoms with van der Waals surface area (Å²) in [5.74, 6) is -0.448. The number of likely N-dealkylation sites (tertiary alicyclic amines) is 1. The van der Waals surface area contributed by atoms with E-state index in [4.69, 9.17) is 0 Å². The maximum atomic E-state index is 13.5. The molecule has 0 aliphatic carbocycles. The molecule has 2 fully saturated rings. The molecule has 5 rings (SSSR count). The summed E-state index contributed by atoms with van der Waals surface area (Å²) in [6.45, 7) is 3.57.